The number of allylic oxidation sites excluding steroid dienone is 4. The molecule has 0 N–H and O–H groups in total. The number of carbonyl (C=O) groups is 1. The normalized spacial score (nSPS) is 22.2. The second-order valence-corrected chi connectivity index (χ2v) is 10.8. The van der Waals surface area contributed by atoms with Gasteiger partial charge in [0.2, 0.25) is 0 Å². The van der Waals surface area contributed by atoms with E-state index in [0.717, 1.165) is 24.7 Å². The van der Waals surface area contributed by atoms with Crippen molar-refractivity contribution in [2.45, 2.75) is 72.7 Å². The SMILES string of the molecule is C=C(C)CCC=C(C)C.C=C(C)CCO[C@@H]1C=C(COS(C)(=O)=O)[C@H]2CC(=O)C(C)=C[C@H]2O1. The van der Waals surface area contributed by atoms with Crippen LogP contribution < -0.4 is 0 Å². The first-order valence-electron chi connectivity index (χ1n) is 11.2. The van der Waals surface area contributed by atoms with Crippen molar-refractivity contribution in [3.63, 3.8) is 0 Å². The molecule has 1 heterocycles. The maximum absolute atomic E-state index is 12.0. The van der Waals surface area contributed by atoms with Crippen molar-refractivity contribution in [3.8, 4) is 0 Å². The van der Waals surface area contributed by atoms with Crippen molar-refractivity contribution >= 4 is 15.9 Å². The number of ether oxygens (including phenoxy) is 2. The first kappa shape index (κ1) is 29.2. The molecule has 0 aromatic heterocycles. The lowest BCUT2D eigenvalue weighted by Crippen LogP contribution is -2.40. The molecule has 1 aliphatic carbocycles. The highest BCUT2D eigenvalue weighted by Gasteiger charge is 2.37. The van der Waals surface area contributed by atoms with Crippen molar-refractivity contribution in [1.82, 2.24) is 0 Å². The van der Waals surface area contributed by atoms with E-state index >= 15 is 0 Å². The average Bonchev–Trinajstić information content (AvgIpc) is 2.66. The second kappa shape index (κ2) is 13.8. The zero-order valence-electron chi connectivity index (χ0n) is 21.0. The minimum atomic E-state index is -3.57. The third kappa shape index (κ3) is 12.3. The fourth-order valence-corrected chi connectivity index (χ4v) is 3.63. The smallest absolute Gasteiger partial charge is 0.264 e. The number of Topliss-reactive ketones (excluding diaryl/α,β-unsaturated/α-hetero) is 1. The van der Waals surface area contributed by atoms with E-state index < -0.39 is 16.4 Å². The molecule has 0 spiro atoms. The molecule has 0 aromatic rings. The summed E-state index contributed by atoms with van der Waals surface area (Å²) in [6, 6.07) is 0. The molecule has 2 aliphatic rings. The van der Waals surface area contributed by atoms with E-state index in [1.165, 1.54) is 11.1 Å². The van der Waals surface area contributed by atoms with Crippen LogP contribution in [-0.4, -0.2) is 46.1 Å². The summed E-state index contributed by atoms with van der Waals surface area (Å²) in [7, 11) is -3.57. The summed E-state index contributed by atoms with van der Waals surface area (Å²) in [6.07, 6.45) is 9.10. The Kier molecular flexibility index (Phi) is 12.2. The van der Waals surface area contributed by atoms with Crippen LogP contribution in [0.4, 0.5) is 0 Å². The molecule has 1 aliphatic heterocycles. The predicted octanol–water partition coefficient (Wildman–Crippen LogP) is 5.44. The zero-order chi connectivity index (χ0) is 25.2. The standard InChI is InChI=1S/C17H24O6S.C9H16/c1-11(2)5-6-21-17-8-13(10-22-24(4,19)20)14-9-15(18)12(3)7-16(14)23-17;1-8(2)6-5-7-9(3)4/h7-8,14,16-17H,1,5-6,9-10H2,2-4H3;7H,1,5-6H2,2-4H3/t14-,16-,17+;/m1./s1. The molecular formula is C26H40O6S. The van der Waals surface area contributed by atoms with Crippen LogP contribution >= 0.6 is 0 Å². The highest BCUT2D eigenvalue weighted by Crippen LogP contribution is 2.35. The third-order valence-electron chi connectivity index (χ3n) is 5.15. The Bertz CT molecular complexity index is 903. The lowest BCUT2D eigenvalue weighted by atomic mass is 9.80. The quantitative estimate of drug-likeness (QED) is 0.306. The molecule has 2 rings (SSSR count). The second-order valence-electron chi connectivity index (χ2n) is 9.12. The number of hydrogen-bond donors (Lipinski definition) is 0. The molecule has 0 fully saturated rings. The van der Waals surface area contributed by atoms with Gasteiger partial charge in [0, 0.05) is 12.3 Å². The molecular weight excluding hydrogens is 440 g/mol. The topological polar surface area (TPSA) is 78.9 Å². The van der Waals surface area contributed by atoms with Gasteiger partial charge in [-0.3, -0.25) is 8.98 Å². The van der Waals surface area contributed by atoms with Gasteiger partial charge < -0.3 is 9.47 Å². The Morgan fingerprint density at radius 3 is 2.33 bits per heavy atom. The maximum atomic E-state index is 12.0. The summed E-state index contributed by atoms with van der Waals surface area (Å²) in [5.74, 6) is -0.185. The molecule has 0 saturated heterocycles. The summed E-state index contributed by atoms with van der Waals surface area (Å²) < 4.78 is 39.1. The van der Waals surface area contributed by atoms with Gasteiger partial charge in [-0.1, -0.05) is 22.8 Å². The number of hydrogen-bond acceptors (Lipinski definition) is 6. The Balaban J connectivity index is 0.000000513. The minimum Gasteiger partial charge on any atom is -0.349 e. The fourth-order valence-electron chi connectivity index (χ4n) is 3.28. The van der Waals surface area contributed by atoms with Gasteiger partial charge >= 0.3 is 0 Å². The third-order valence-corrected chi connectivity index (χ3v) is 5.69. The molecule has 186 valence electrons. The molecule has 0 saturated carbocycles. The minimum absolute atomic E-state index is 0.0340. The van der Waals surface area contributed by atoms with E-state index in [0.29, 0.717) is 24.2 Å². The van der Waals surface area contributed by atoms with Crippen LogP contribution in [0.5, 0.6) is 0 Å². The van der Waals surface area contributed by atoms with Gasteiger partial charge in [0.1, 0.15) is 0 Å². The van der Waals surface area contributed by atoms with Crippen molar-refractivity contribution in [2.24, 2.45) is 5.92 Å². The van der Waals surface area contributed by atoms with Gasteiger partial charge in [-0.05, 0) is 77.2 Å². The van der Waals surface area contributed by atoms with Gasteiger partial charge in [0.05, 0.1) is 25.6 Å². The molecule has 0 amide bonds. The van der Waals surface area contributed by atoms with Crippen LogP contribution in [0.25, 0.3) is 0 Å². The van der Waals surface area contributed by atoms with E-state index in [-0.39, 0.29) is 30.8 Å². The highest BCUT2D eigenvalue weighted by molar-refractivity contribution is 7.86. The first-order chi connectivity index (χ1) is 15.3. The Hall–Kier alpha value is -1.80. The molecule has 0 radical (unpaired) electrons. The van der Waals surface area contributed by atoms with Crippen molar-refractivity contribution in [1.29, 1.82) is 0 Å². The van der Waals surface area contributed by atoms with Crippen LogP contribution in [0.1, 0.15) is 60.3 Å². The van der Waals surface area contributed by atoms with Crippen molar-refractivity contribution in [2.75, 3.05) is 19.5 Å². The lowest BCUT2D eigenvalue weighted by Gasteiger charge is -2.37. The largest absolute Gasteiger partial charge is 0.349 e. The number of fused-ring (bicyclic) bond motifs is 1. The predicted molar refractivity (Wildman–Crippen MR) is 133 cm³/mol. The summed E-state index contributed by atoms with van der Waals surface area (Å²) in [5, 5.41) is 0. The molecule has 0 aromatic carbocycles. The molecule has 3 atom stereocenters. The number of carbonyl (C=O) groups excluding carboxylic acids is 1. The van der Waals surface area contributed by atoms with Gasteiger partial charge in [0.15, 0.2) is 12.1 Å². The fraction of sp³-hybridized carbons (Fsp3) is 0.577. The average molecular weight is 481 g/mol. The maximum Gasteiger partial charge on any atom is 0.264 e. The molecule has 7 heteroatoms. The lowest BCUT2D eigenvalue weighted by molar-refractivity contribution is -0.153. The molecule has 6 nitrogen and oxygen atoms in total. The van der Waals surface area contributed by atoms with E-state index in [1.807, 2.05) is 6.92 Å². The summed E-state index contributed by atoms with van der Waals surface area (Å²) in [6.45, 7) is 18.0. The summed E-state index contributed by atoms with van der Waals surface area (Å²) in [4.78, 5) is 12.0. The van der Waals surface area contributed by atoms with E-state index in [4.69, 9.17) is 13.7 Å². The highest BCUT2D eigenvalue weighted by atomic mass is 32.2. The first-order valence-corrected chi connectivity index (χ1v) is 13.1. The van der Waals surface area contributed by atoms with E-state index in [2.05, 4.69) is 40.0 Å². The monoisotopic (exact) mass is 480 g/mol. The van der Waals surface area contributed by atoms with Crippen molar-refractivity contribution < 1.29 is 26.9 Å². The Labute approximate surface area is 200 Å². The summed E-state index contributed by atoms with van der Waals surface area (Å²) in [5.41, 5.74) is 5.05. The van der Waals surface area contributed by atoms with Crippen LogP contribution in [-0.2, 0) is 28.6 Å². The van der Waals surface area contributed by atoms with E-state index in [9.17, 15) is 13.2 Å². The van der Waals surface area contributed by atoms with Gasteiger partial charge in [0.25, 0.3) is 10.1 Å². The van der Waals surface area contributed by atoms with Crippen LogP contribution in [0.2, 0.25) is 0 Å². The summed E-state index contributed by atoms with van der Waals surface area (Å²) >= 11 is 0. The van der Waals surface area contributed by atoms with Gasteiger partial charge in [-0.2, -0.15) is 8.42 Å². The van der Waals surface area contributed by atoms with E-state index in [1.54, 1.807) is 19.1 Å². The molecule has 33 heavy (non-hydrogen) atoms. The van der Waals surface area contributed by atoms with Gasteiger partial charge in [-0.15, -0.1) is 13.2 Å². The number of ketones is 1. The molecule has 0 bridgehead atoms. The van der Waals surface area contributed by atoms with Gasteiger partial charge in [-0.25, -0.2) is 0 Å². The zero-order valence-corrected chi connectivity index (χ0v) is 21.8. The number of rotatable bonds is 10. The Morgan fingerprint density at radius 1 is 1.15 bits per heavy atom. The van der Waals surface area contributed by atoms with Crippen LogP contribution in [0.3, 0.4) is 0 Å². The van der Waals surface area contributed by atoms with Crippen LogP contribution in [0, 0.1) is 5.92 Å². The molecule has 0 unspecified atom stereocenters. The van der Waals surface area contributed by atoms with Crippen LogP contribution in [0.15, 0.2) is 59.3 Å². The van der Waals surface area contributed by atoms with Crippen molar-refractivity contribution in [3.05, 3.63) is 59.3 Å². The Morgan fingerprint density at radius 2 is 1.79 bits per heavy atom.